The van der Waals surface area contributed by atoms with Crippen LogP contribution in [0.4, 0.5) is 0 Å². The van der Waals surface area contributed by atoms with Gasteiger partial charge < -0.3 is 10.5 Å². The maximum atomic E-state index is 12.1. The van der Waals surface area contributed by atoms with Crippen LogP contribution >= 0.6 is 12.2 Å². The number of thiocarbonyl (C=S) groups is 1. The summed E-state index contributed by atoms with van der Waals surface area (Å²) in [5.41, 5.74) is 5.21. The topological polar surface area (TPSA) is 81.4 Å². The van der Waals surface area contributed by atoms with E-state index in [-0.39, 0.29) is 16.6 Å². The Hall–Kier alpha value is -0.240. The molecule has 7 heteroatoms. The second-order valence-corrected chi connectivity index (χ2v) is 7.64. The lowest BCUT2D eigenvalue weighted by molar-refractivity contribution is -0.0905. The molecule has 0 aromatic carbocycles. The van der Waals surface area contributed by atoms with Crippen LogP contribution in [0.25, 0.3) is 0 Å². The molecule has 2 unspecified atom stereocenters. The lowest BCUT2D eigenvalue weighted by Crippen LogP contribution is -2.51. The molecular formula is C12H24N2O3S2. The molecule has 0 aliphatic carbocycles. The number of nitrogens with two attached hydrogens (primary N) is 1. The summed E-state index contributed by atoms with van der Waals surface area (Å²) >= 11 is 4.76. The zero-order chi connectivity index (χ0) is 14.7. The first-order chi connectivity index (χ1) is 8.76. The Morgan fingerprint density at radius 3 is 2.58 bits per heavy atom. The van der Waals surface area contributed by atoms with Crippen LogP contribution in [0.1, 0.15) is 46.5 Å². The van der Waals surface area contributed by atoms with E-state index in [1.807, 2.05) is 0 Å². The van der Waals surface area contributed by atoms with Crippen LogP contribution in [0.15, 0.2) is 0 Å². The third kappa shape index (κ3) is 4.11. The lowest BCUT2D eigenvalue weighted by atomic mass is 9.86. The van der Waals surface area contributed by atoms with Gasteiger partial charge in [-0.2, -0.15) is 0 Å². The summed E-state index contributed by atoms with van der Waals surface area (Å²) in [4.78, 5) is -0.00296. The molecule has 2 atom stereocenters. The Labute approximate surface area is 121 Å². The molecule has 0 aromatic rings. The van der Waals surface area contributed by atoms with E-state index in [9.17, 15) is 8.42 Å². The molecule has 1 heterocycles. The second-order valence-electron chi connectivity index (χ2n) is 5.14. The smallest absolute Gasteiger partial charge is 0.220 e. The van der Waals surface area contributed by atoms with E-state index in [0.717, 1.165) is 12.8 Å². The summed E-state index contributed by atoms with van der Waals surface area (Å²) in [5.74, 6) is 0. The van der Waals surface area contributed by atoms with Crippen molar-refractivity contribution >= 4 is 27.2 Å². The minimum absolute atomic E-state index is 0.00296. The van der Waals surface area contributed by atoms with Crippen LogP contribution in [-0.2, 0) is 14.8 Å². The summed E-state index contributed by atoms with van der Waals surface area (Å²) < 4.78 is 32.8. The predicted octanol–water partition coefficient (Wildman–Crippen LogP) is 1.32. The van der Waals surface area contributed by atoms with Crippen LogP contribution in [0, 0.1) is 0 Å². The molecule has 1 fully saturated rings. The van der Waals surface area contributed by atoms with Crippen molar-refractivity contribution in [1.29, 1.82) is 0 Å². The standard InChI is InChI=1S/C12H24N2O3S2/c1-4-12(5-2)8-10(6-7-17-12)14-19(15,16)9(3)11(13)18/h9-10,14H,4-8H2,1-3H3,(H2,13,18). The molecule has 1 aliphatic heterocycles. The maximum absolute atomic E-state index is 12.1. The Morgan fingerprint density at radius 1 is 1.53 bits per heavy atom. The van der Waals surface area contributed by atoms with Crippen molar-refractivity contribution in [2.45, 2.75) is 63.3 Å². The van der Waals surface area contributed by atoms with Crippen molar-refractivity contribution in [3.8, 4) is 0 Å². The normalized spacial score (nSPS) is 24.9. The van der Waals surface area contributed by atoms with Crippen LogP contribution in [0.2, 0.25) is 0 Å². The molecule has 0 aromatic heterocycles. The monoisotopic (exact) mass is 308 g/mol. The van der Waals surface area contributed by atoms with Crippen LogP contribution in [0.5, 0.6) is 0 Å². The van der Waals surface area contributed by atoms with Gasteiger partial charge in [-0.15, -0.1) is 0 Å². The highest BCUT2D eigenvalue weighted by atomic mass is 32.2. The van der Waals surface area contributed by atoms with Gasteiger partial charge in [-0.3, -0.25) is 0 Å². The van der Waals surface area contributed by atoms with Crippen molar-refractivity contribution in [2.24, 2.45) is 5.73 Å². The third-order valence-corrected chi connectivity index (χ3v) is 6.33. The van der Waals surface area contributed by atoms with Crippen molar-refractivity contribution in [3.05, 3.63) is 0 Å². The second kappa shape index (κ2) is 6.47. The summed E-state index contributed by atoms with van der Waals surface area (Å²) in [6.07, 6.45) is 3.15. The minimum atomic E-state index is -3.50. The van der Waals surface area contributed by atoms with E-state index in [2.05, 4.69) is 18.6 Å². The molecule has 3 N–H and O–H groups in total. The van der Waals surface area contributed by atoms with Gasteiger partial charge >= 0.3 is 0 Å². The molecule has 1 aliphatic rings. The summed E-state index contributed by atoms with van der Waals surface area (Å²) in [5, 5.41) is -0.844. The van der Waals surface area contributed by atoms with Gasteiger partial charge in [0.1, 0.15) is 5.25 Å². The van der Waals surface area contributed by atoms with Crippen LogP contribution in [0.3, 0.4) is 0 Å². The van der Waals surface area contributed by atoms with Crippen molar-refractivity contribution in [3.63, 3.8) is 0 Å². The number of sulfonamides is 1. The van der Waals surface area contributed by atoms with Gasteiger partial charge in [-0.1, -0.05) is 26.1 Å². The quantitative estimate of drug-likeness (QED) is 0.723. The van der Waals surface area contributed by atoms with Gasteiger partial charge in [0.05, 0.1) is 10.6 Å². The molecule has 19 heavy (non-hydrogen) atoms. The van der Waals surface area contributed by atoms with Gasteiger partial charge in [0, 0.05) is 12.6 Å². The van der Waals surface area contributed by atoms with Crippen molar-refractivity contribution in [2.75, 3.05) is 6.61 Å². The van der Waals surface area contributed by atoms with Gasteiger partial charge in [0.15, 0.2) is 0 Å². The molecule has 1 saturated heterocycles. The Bertz CT molecular complexity index is 419. The fourth-order valence-electron chi connectivity index (χ4n) is 2.36. The predicted molar refractivity (Wildman–Crippen MR) is 80.6 cm³/mol. The number of hydrogen-bond acceptors (Lipinski definition) is 4. The van der Waals surface area contributed by atoms with E-state index in [4.69, 9.17) is 22.7 Å². The van der Waals surface area contributed by atoms with Gasteiger partial charge in [0.25, 0.3) is 0 Å². The van der Waals surface area contributed by atoms with Crippen LogP contribution < -0.4 is 10.5 Å². The maximum Gasteiger partial charge on any atom is 0.220 e. The summed E-state index contributed by atoms with van der Waals surface area (Å²) in [7, 11) is -3.50. The zero-order valence-corrected chi connectivity index (χ0v) is 13.4. The van der Waals surface area contributed by atoms with E-state index in [1.165, 1.54) is 6.92 Å². The molecule has 5 nitrogen and oxygen atoms in total. The number of hydrogen-bond donors (Lipinski definition) is 2. The molecule has 1 rings (SSSR count). The Morgan fingerprint density at radius 2 is 2.11 bits per heavy atom. The molecule has 0 bridgehead atoms. The summed E-state index contributed by atoms with van der Waals surface area (Å²) in [6, 6.07) is -0.101. The first kappa shape index (κ1) is 16.8. The number of ether oxygens (including phenoxy) is 1. The first-order valence-electron chi connectivity index (χ1n) is 6.70. The first-order valence-corrected chi connectivity index (χ1v) is 8.66. The molecule has 0 spiro atoms. The average molecular weight is 308 g/mol. The van der Waals surface area contributed by atoms with E-state index in [0.29, 0.717) is 19.4 Å². The summed E-state index contributed by atoms with van der Waals surface area (Å²) in [6.45, 7) is 6.23. The van der Waals surface area contributed by atoms with E-state index in [1.54, 1.807) is 0 Å². The molecule has 112 valence electrons. The van der Waals surface area contributed by atoms with Gasteiger partial charge in [0.2, 0.25) is 10.0 Å². The largest absolute Gasteiger partial charge is 0.392 e. The van der Waals surface area contributed by atoms with E-state index < -0.39 is 15.3 Å². The SMILES string of the molecule is CCC1(CC)CC(NS(=O)(=O)C(C)C(N)=S)CCO1. The van der Waals surface area contributed by atoms with Crippen molar-refractivity contribution < 1.29 is 13.2 Å². The minimum Gasteiger partial charge on any atom is -0.392 e. The molecular weight excluding hydrogens is 284 g/mol. The molecule has 0 radical (unpaired) electrons. The average Bonchev–Trinajstić information content (AvgIpc) is 2.37. The lowest BCUT2D eigenvalue weighted by Gasteiger charge is -2.40. The Balaban J connectivity index is 2.75. The van der Waals surface area contributed by atoms with Gasteiger partial charge in [-0.25, -0.2) is 13.1 Å². The highest BCUT2D eigenvalue weighted by molar-refractivity contribution is 7.93. The fourth-order valence-corrected chi connectivity index (χ4v) is 3.91. The highest BCUT2D eigenvalue weighted by Crippen LogP contribution is 2.31. The fraction of sp³-hybridized carbons (Fsp3) is 0.917. The van der Waals surface area contributed by atoms with Crippen molar-refractivity contribution in [1.82, 2.24) is 4.72 Å². The molecule has 0 amide bonds. The third-order valence-electron chi connectivity index (χ3n) is 3.98. The Kier molecular flexibility index (Phi) is 5.73. The van der Waals surface area contributed by atoms with Gasteiger partial charge in [-0.05, 0) is 32.6 Å². The number of rotatable bonds is 6. The number of nitrogens with one attached hydrogen (secondary N) is 1. The molecule has 0 saturated carbocycles. The highest BCUT2D eigenvalue weighted by Gasteiger charge is 2.37. The van der Waals surface area contributed by atoms with E-state index >= 15 is 0 Å². The van der Waals surface area contributed by atoms with Crippen LogP contribution in [-0.4, -0.2) is 36.9 Å². The zero-order valence-electron chi connectivity index (χ0n) is 11.8.